The lowest BCUT2D eigenvalue weighted by Gasteiger charge is -2.14. The van der Waals surface area contributed by atoms with Crippen LogP contribution in [0.2, 0.25) is 0 Å². The van der Waals surface area contributed by atoms with Crippen molar-refractivity contribution in [1.82, 2.24) is 0 Å². The Bertz CT molecular complexity index is 408. The highest BCUT2D eigenvalue weighted by atomic mass is 16.4. The standard InChI is InChI=1S/C11H14BNO2/c1-7(2)11-8(3)4-5-10(12(14)15)9(11)6-13/h4-5,7,14-15H,1-3H3. The van der Waals surface area contributed by atoms with E-state index in [2.05, 4.69) is 0 Å². The SMILES string of the molecule is Cc1ccc(B(O)O)c(C#N)c1C(C)C. The highest BCUT2D eigenvalue weighted by Gasteiger charge is 2.21. The minimum Gasteiger partial charge on any atom is -0.423 e. The molecule has 78 valence electrons. The summed E-state index contributed by atoms with van der Waals surface area (Å²) >= 11 is 0. The highest BCUT2D eigenvalue weighted by molar-refractivity contribution is 6.59. The fourth-order valence-electron chi connectivity index (χ4n) is 1.82. The second kappa shape index (κ2) is 4.48. The van der Waals surface area contributed by atoms with Gasteiger partial charge in [-0.1, -0.05) is 26.0 Å². The van der Waals surface area contributed by atoms with E-state index < -0.39 is 7.12 Å². The van der Waals surface area contributed by atoms with E-state index in [1.54, 1.807) is 6.07 Å². The van der Waals surface area contributed by atoms with E-state index >= 15 is 0 Å². The summed E-state index contributed by atoms with van der Waals surface area (Å²) in [5, 5.41) is 27.3. The van der Waals surface area contributed by atoms with Crippen molar-refractivity contribution in [3.05, 3.63) is 28.8 Å². The van der Waals surface area contributed by atoms with Crippen molar-refractivity contribution >= 4 is 12.6 Å². The Morgan fingerprint density at radius 2 is 1.93 bits per heavy atom. The smallest absolute Gasteiger partial charge is 0.423 e. The largest absolute Gasteiger partial charge is 0.489 e. The van der Waals surface area contributed by atoms with Crippen LogP contribution in [0.1, 0.15) is 36.5 Å². The van der Waals surface area contributed by atoms with Gasteiger partial charge >= 0.3 is 7.12 Å². The topological polar surface area (TPSA) is 64.2 Å². The maximum absolute atomic E-state index is 9.14. The number of hydrogen-bond donors (Lipinski definition) is 2. The summed E-state index contributed by atoms with van der Waals surface area (Å²) in [6.07, 6.45) is 0. The number of rotatable bonds is 2. The van der Waals surface area contributed by atoms with E-state index in [4.69, 9.17) is 15.3 Å². The van der Waals surface area contributed by atoms with Gasteiger partial charge in [0.25, 0.3) is 0 Å². The normalized spacial score (nSPS) is 10.2. The van der Waals surface area contributed by atoms with Crippen LogP contribution in [0.3, 0.4) is 0 Å². The summed E-state index contributed by atoms with van der Waals surface area (Å²) in [5.74, 6) is 0.193. The first kappa shape index (κ1) is 11.8. The van der Waals surface area contributed by atoms with Crippen molar-refractivity contribution in [2.75, 3.05) is 0 Å². The molecule has 0 saturated heterocycles. The van der Waals surface area contributed by atoms with E-state index in [9.17, 15) is 0 Å². The summed E-state index contributed by atoms with van der Waals surface area (Å²) in [6, 6.07) is 5.45. The lowest BCUT2D eigenvalue weighted by molar-refractivity contribution is 0.425. The van der Waals surface area contributed by atoms with Crippen molar-refractivity contribution in [3.8, 4) is 6.07 Å². The van der Waals surface area contributed by atoms with E-state index in [-0.39, 0.29) is 11.4 Å². The molecule has 0 atom stereocenters. The van der Waals surface area contributed by atoms with Gasteiger partial charge in [-0.15, -0.1) is 0 Å². The Balaban J connectivity index is 3.49. The third-order valence-electron chi connectivity index (χ3n) is 2.46. The monoisotopic (exact) mass is 203 g/mol. The predicted octanol–water partition coefficient (Wildman–Crippen LogP) is 0.670. The van der Waals surface area contributed by atoms with Gasteiger partial charge in [-0.05, 0) is 24.0 Å². The van der Waals surface area contributed by atoms with Gasteiger partial charge in [-0.2, -0.15) is 5.26 Å². The molecule has 0 radical (unpaired) electrons. The van der Waals surface area contributed by atoms with Gasteiger partial charge in [-0.25, -0.2) is 0 Å². The molecule has 1 aromatic carbocycles. The molecule has 0 aliphatic heterocycles. The molecule has 15 heavy (non-hydrogen) atoms. The van der Waals surface area contributed by atoms with E-state index in [0.29, 0.717) is 5.56 Å². The van der Waals surface area contributed by atoms with E-state index in [1.165, 1.54) is 0 Å². The average molecular weight is 203 g/mol. The molecule has 0 spiro atoms. The Morgan fingerprint density at radius 3 is 2.33 bits per heavy atom. The zero-order valence-corrected chi connectivity index (χ0v) is 9.15. The number of aryl methyl sites for hydroxylation is 1. The minimum absolute atomic E-state index is 0.193. The first-order valence-electron chi connectivity index (χ1n) is 4.88. The van der Waals surface area contributed by atoms with Crippen molar-refractivity contribution in [3.63, 3.8) is 0 Å². The maximum atomic E-state index is 9.14. The van der Waals surface area contributed by atoms with Crippen LogP contribution < -0.4 is 5.46 Å². The van der Waals surface area contributed by atoms with Gasteiger partial charge in [-0.3, -0.25) is 0 Å². The lowest BCUT2D eigenvalue weighted by atomic mass is 9.74. The molecular formula is C11H14BNO2. The third-order valence-corrected chi connectivity index (χ3v) is 2.46. The molecule has 2 N–H and O–H groups in total. The molecule has 0 saturated carbocycles. The van der Waals surface area contributed by atoms with Gasteiger partial charge in [0.2, 0.25) is 0 Å². The fourth-order valence-corrected chi connectivity index (χ4v) is 1.82. The van der Waals surface area contributed by atoms with Gasteiger partial charge < -0.3 is 10.0 Å². The molecule has 0 aliphatic rings. The van der Waals surface area contributed by atoms with Crippen LogP contribution in [0.25, 0.3) is 0 Å². The van der Waals surface area contributed by atoms with Crippen LogP contribution in [0.5, 0.6) is 0 Å². The Kier molecular flexibility index (Phi) is 3.51. The molecular weight excluding hydrogens is 189 g/mol. The van der Waals surface area contributed by atoms with Crippen LogP contribution in [0, 0.1) is 18.3 Å². The molecule has 1 aromatic rings. The molecule has 0 aromatic heterocycles. The molecule has 0 fully saturated rings. The van der Waals surface area contributed by atoms with Gasteiger partial charge in [0.1, 0.15) is 0 Å². The Labute approximate surface area is 90.1 Å². The molecule has 3 nitrogen and oxygen atoms in total. The second-order valence-electron chi connectivity index (χ2n) is 3.90. The summed E-state index contributed by atoms with van der Waals surface area (Å²) in [5.41, 5.74) is 2.57. The molecule has 4 heteroatoms. The molecule has 0 bridgehead atoms. The van der Waals surface area contributed by atoms with Gasteiger partial charge in [0.15, 0.2) is 0 Å². The van der Waals surface area contributed by atoms with Crippen molar-refractivity contribution in [2.24, 2.45) is 0 Å². The summed E-state index contributed by atoms with van der Waals surface area (Å²) in [7, 11) is -1.59. The van der Waals surface area contributed by atoms with Crippen molar-refractivity contribution in [2.45, 2.75) is 26.7 Å². The summed E-state index contributed by atoms with van der Waals surface area (Å²) < 4.78 is 0. The van der Waals surface area contributed by atoms with Crippen LogP contribution >= 0.6 is 0 Å². The van der Waals surface area contributed by atoms with E-state index in [0.717, 1.165) is 11.1 Å². The number of nitrogens with zero attached hydrogens (tertiary/aromatic N) is 1. The van der Waals surface area contributed by atoms with E-state index in [1.807, 2.05) is 32.9 Å². The first-order valence-corrected chi connectivity index (χ1v) is 4.88. The van der Waals surface area contributed by atoms with Crippen LogP contribution in [-0.2, 0) is 0 Å². The first-order chi connectivity index (χ1) is 6.99. The van der Waals surface area contributed by atoms with Crippen molar-refractivity contribution < 1.29 is 10.0 Å². The predicted molar refractivity (Wildman–Crippen MR) is 59.8 cm³/mol. The summed E-state index contributed by atoms with van der Waals surface area (Å²) in [6.45, 7) is 5.89. The third kappa shape index (κ3) is 2.20. The average Bonchev–Trinajstić information content (AvgIpc) is 2.15. The quantitative estimate of drug-likeness (QED) is 0.694. The zero-order valence-electron chi connectivity index (χ0n) is 9.15. The summed E-state index contributed by atoms with van der Waals surface area (Å²) in [4.78, 5) is 0. The zero-order chi connectivity index (χ0) is 11.6. The van der Waals surface area contributed by atoms with Crippen molar-refractivity contribution in [1.29, 1.82) is 5.26 Å². The second-order valence-corrected chi connectivity index (χ2v) is 3.90. The fraction of sp³-hybridized carbons (Fsp3) is 0.364. The molecule has 0 heterocycles. The van der Waals surface area contributed by atoms with Gasteiger partial charge in [0, 0.05) is 5.46 Å². The Hall–Kier alpha value is -1.31. The Morgan fingerprint density at radius 1 is 1.33 bits per heavy atom. The molecule has 0 unspecified atom stereocenters. The molecule has 0 aliphatic carbocycles. The highest BCUT2D eigenvalue weighted by Crippen LogP contribution is 2.21. The maximum Gasteiger partial charge on any atom is 0.489 e. The molecule has 0 amide bonds. The lowest BCUT2D eigenvalue weighted by Crippen LogP contribution is -2.33. The van der Waals surface area contributed by atoms with Crippen LogP contribution in [0.15, 0.2) is 12.1 Å². The minimum atomic E-state index is -1.59. The van der Waals surface area contributed by atoms with Crippen LogP contribution in [0.4, 0.5) is 0 Å². The number of nitriles is 1. The molecule has 1 rings (SSSR count). The van der Waals surface area contributed by atoms with Crippen LogP contribution in [-0.4, -0.2) is 17.2 Å². The van der Waals surface area contributed by atoms with Gasteiger partial charge in [0.05, 0.1) is 11.6 Å². The number of hydrogen-bond acceptors (Lipinski definition) is 3. The number of benzene rings is 1.